The van der Waals surface area contributed by atoms with E-state index in [4.69, 9.17) is 4.74 Å². The monoisotopic (exact) mass is 350 g/mol. The van der Waals surface area contributed by atoms with Crippen LogP contribution in [-0.4, -0.2) is 55.6 Å². The molecule has 0 bridgehead atoms. The molecule has 3 rings (SSSR count). The van der Waals surface area contributed by atoms with Gasteiger partial charge in [-0.1, -0.05) is 19.9 Å². The molecule has 1 spiro atoms. The summed E-state index contributed by atoms with van der Waals surface area (Å²) in [5.74, 6) is 0.994. The summed E-state index contributed by atoms with van der Waals surface area (Å²) in [6.45, 7) is 9.95. The van der Waals surface area contributed by atoms with Crippen LogP contribution < -0.4 is 0 Å². The number of rotatable bonds is 5. The van der Waals surface area contributed by atoms with Gasteiger partial charge < -0.3 is 9.64 Å². The molecule has 1 amide bonds. The van der Waals surface area contributed by atoms with Gasteiger partial charge in [0.2, 0.25) is 5.91 Å². The number of ether oxygens (including phenoxy) is 1. The molecule has 0 radical (unpaired) electrons. The molecular formula is C19H30N2O2S. The van der Waals surface area contributed by atoms with Gasteiger partial charge in [-0.05, 0) is 29.7 Å². The lowest BCUT2D eigenvalue weighted by molar-refractivity contribution is -0.137. The minimum Gasteiger partial charge on any atom is -0.384 e. The third-order valence-electron chi connectivity index (χ3n) is 5.78. The summed E-state index contributed by atoms with van der Waals surface area (Å²) in [7, 11) is 1.81. The maximum atomic E-state index is 12.3. The molecule has 2 aliphatic heterocycles. The Balaban J connectivity index is 1.65. The van der Waals surface area contributed by atoms with Crippen LogP contribution in [0.2, 0.25) is 0 Å². The van der Waals surface area contributed by atoms with Crippen molar-refractivity contribution in [2.75, 3.05) is 39.9 Å². The molecule has 2 aliphatic rings. The molecule has 2 fully saturated rings. The maximum absolute atomic E-state index is 12.3. The number of hydrogen-bond donors (Lipinski definition) is 0. The Kier molecular flexibility index (Phi) is 5.63. The molecule has 0 unspecified atom stereocenters. The molecule has 0 saturated carbocycles. The largest absolute Gasteiger partial charge is 0.384 e. The highest BCUT2D eigenvalue weighted by atomic mass is 32.1. The average molecular weight is 351 g/mol. The van der Waals surface area contributed by atoms with Gasteiger partial charge in [-0.3, -0.25) is 9.69 Å². The van der Waals surface area contributed by atoms with E-state index in [9.17, 15) is 4.79 Å². The Morgan fingerprint density at radius 3 is 2.75 bits per heavy atom. The minimum absolute atomic E-state index is 0.104. The molecular weight excluding hydrogens is 320 g/mol. The zero-order valence-corrected chi connectivity index (χ0v) is 16.0. The molecule has 5 heteroatoms. The van der Waals surface area contributed by atoms with E-state index >= 15 is 0 Å². The second kappa shape index (κ2) is 7.54. The van der Waals surface area contributed by atoms with E-state index in [0.29, 0.717) is 17.2 Å². The Bertz CT molecular complexity index is 536. The number of hydrogen-bond acceptors (Lipinski definition) is 4. The lowest BCUT2D eigenvalue weighted by atomic mass is 9.71. The number of amides is 1. The highest BCUT2D eigenvalue weighted by Crippen LogP contribution is 2.45. The van der Waals surface area contributed by atoms with Crippen molar-refractivity contribution in [1.29, 1.82) is 0 Å². The molecule has 3 heterocycles. The molecule has 2 saturated heterocycles. The first kappa shape index (κ1) is 17.9. The van der Waals surface area contributed by atoms with Gasteiger partial charge in [0.1, 0.15) is 0 Å². The fraction of sp³-hybridized carbons (Fsp3) is 0.737. The van der Waals surface area contributed by atoms with E-state index in [-0.39, 0.29) is 5.92 Å². The first-order valence-electron chi connectivity index (χ1n) is 9.06. The number of piperidine rings is 1. The minimum atomic E-state index is 0.104. The quantitative estimate of drug-likeness (QED) is 0.818. The Labute approximate surface area is 149 Å². The zero-order chi connectivity index (χ0) is 17.2. The van der Waals surface area contributed by atoms with Crippen molar-refractivity contribution >= 4 is 17.2 Å². The number of likely N-dealkylation sites (tertiary alicyclic amines) is 2. The highest BCUT2D eigenvalue weighted by Gasteiger charge is 2.48. The molecule has 1 aromatic rings. The van der Waals surface area contributed by atoms with Gasteiger partial charge in [0, 0.05) is 56.5 Å². The number of nitrogens with zero attached hydrogens (tertiary/aromatic N) is 2. The molecule has 24 heavy (non-hydrogen) atoms. The Hall–Kier alpha value is -0.910. The van der Waals surface area contributed by atoms with Crippen LogP contribution in [-0.2, 0) is 16.1 Å². The number of carbonyl (C=O) groups excluding carboxylic acids is 1. The second-order valence-electron chi connectivity index (χ2n) is 7.74. The van der Waals surface area contributed by atoms with Crippen LogP contribution in [0.1, 0.15) is 31.6 Å². The molecule has 0 aliphatic carbocycles. The normalized spacial score (nSPS) is 24.2. The van der Waals surface area contributed by atoms with Crippen LogP contribution in [0.4, 0.5) is 0 Å². The summed E-state index contributed by atoms with van der Waals surface area (Å²) in [6.07, 6.45) is 2.22. The third kappa shape index (κ3) is 3.68. The van der Waals surface area contributed by atoms with E-state index in [2.05, 4.69) is 27.3 Å². The van der Waals surface area contributed by atoms with Crippen LogP contribution in [0.25, 0.3) is 0 Å². The molecule has 0 N–H and O–H groups in total. The van der Waals surface area contributed by atoms with Crippen molar-refractivity contribution in [2.24, 2.45) is 17.3 Å². The van der Waals surface area contributed by atoms with Crippen molar-refractivity contribution in [3.8, 4) is 0 Å². The fourth-order valence-corrected chi connectivity index (χ4v) is 5.17. The summed E-state index contributed by atoms with van der Waals surface area (Å²) in [5, 5.41) is 2.16. The van der Waals surface area contributed by atoms with Crippen molar-refractivity contribution in [3.05, 3.63) is 22.4 Å². The zero-order valence-electron chi connectivity index (χ0n) is 15.2. The van der Waals surface area contributed by atoms with E-state index in [1.165, 1.54) is 4.88 Å². The predicted molar refractivity (Wildman–Crippen MR) is 98.0 cm³/mol. The first-order valence-corrected chi connectivity index (χ1v) is 9.94. The van der Waals surface area contributed by atoms with Crippen molar-refractivity contribution < 1.29 is 9.53 Å². The Morgan fingerprint density at radius 1 is 1.42 bits per heavy atom. The van der Waals surface area contributed by atoms with Crippen LogP contribution in [0.5, 0.6) is 0 Å². The predicted octanol–water partition coefficient (Wildman–Crippen LogP) is 3.09. The highest BCUT2D eigenvalue weighted by molar-refractivity contribution is 7.09. The van der Waals surface area contributed by atoms with Gasteiger partial charge in [-0.25, -0.2) is 0 Å². The number of thiophene rings is 1. The van der Waals surface area contributed by atoms with E-state index in [0.717, 1.165) is 52.2 Å². The van der Waals surface area contributed by atoms with Crippen LogP contribution >= 0.6 is 11.3 Å². The standard InChI is InChI=1S/C19H30N2O2S/c1-15(2)18(22)21-8-6-19(7-9-21)14-20(11-16(19)13-23-3)12-17-5-4-10-24-17/h4-5,10,15-16H,6-9,11-14H2,1-3H3/t16-/m0/s1. The molecule has 0 aromatic carbocycles. The van der Waals surface area contributed by atoms with Gasteiger partial charge in [-0.15, -0.1) is 11.3 Å². The van der Waals surface area contributed by atoms with E-state index < -0.39 is 0 Å². The summed E-state index contributed by atoms with van der Waals surface area (Å²) in [6, 6.07) is 4.36. The topological polar surface area (TPSA) is 32.8 Å². The van der Waals surface area contributed by atoms with Gasteiger partial charge in [0.05, 0.1) is 6.61 Å². The van der Waals surface area contributed by atoms with Crippen LogP contribution in [0.3, 0.4) is 0 Å². The lowest BCUT2D eigenvalue weighted by Gasteiger charge is -2.43. The van der Waals surface area contributed by atoms with Crippen molar-refractivity contribution in [3.63, 3.8) is 0 Å². The molecule has 1 atom stereocenters. The van der Waals surface area contributed by atoms with Crippen molar-refractivity contribution in [2.45, 2.75) is 33.2 Å². The van der Waals surface area contributed by atoms with Gasteiger partial charge in [0.15, 0.2) is 0 Å². The summed E-state index contributed by atoms with van der Waals surface area (Å²) in [5.41, 5.74) is 0.320. The third-order valence-corrected chi connectivity index (χ3v) is 6.64. The average Bonchev–Trinajstić information content (AvgIpc) is 3.17. The van der Waals surface area contributed by atoms with Gasteiger partial charge in [-0.2, -0.15) is 0 Å². The van der Waals surface area contributed by atoms with Crippen LogP contribution in [0.15, 0.2) is 17.5 Å². The van der Waals surface area contributed by atoms with Crippen LogP contribution in [0, 0.1) is 17.3 Å². The SMILES string of the molecule is COC[C@@H]1CN(Cc2cccs2)CC12CCN(C(=O)C(C)C)CC2. The molecule has 1 aromatic heterocycles. The first-order chi connectivity index (χ1) is 11.5. The van der Waals surface area contributed by atoms with Gasteiger partial charge in [0.25, 0.3) is 0 Å². The van der Waals surface area contributed by atoms with E-state index in [1.54, 1.807) is 0 Å². The van der Waals surface area contributed by atoms with Crippen molar-refractivity contribution in [1.82, 2.24) is 9.80 Å². The summed E-state index contributed by atoms with van der Waals surface area (Å²) >= 11 is 1.84. The Morgan fingerprint density at radius 2 is 2.17 bits per heavy atom. The number of methoxy groups -OCH3 is 1. The second-order valence-corrected chi connectivity index (χ2v) is 8.78. The molecule has 4 nitrogen and oxygen atoms in total. The van der Waals surface area contributed by atoms with E-state index in [1.807, 2.05) is 32.3 Å². The van der Waals surface area contributed by atoms with Gasteiger partial charge >= 0.3 is 0 Å². The summed E-state index contributed by atoms with van der Waals surface area (Å²) < 4.78 is 5.54. The maximum Gasteiger partial charge on any atom is 0.225 e. The lowest BCUT2D eigenvalue weighted by Crippen LogP contribution is -2.48. The molecule has 134 valence electrons. The smallest absolute Gasteiger partial charge is 0.225 e. The number of carbonyl (C=O) groups is 1. The fourth-order valence-electron chi connectivity index (χ4n) is 4.42. The summed E-state index contributed by atoms with van der Waals surface area (Å²) in [4.78, 5) is 18.4.